The predicted molar refractivity (Wildman–Crippen MR) is 140 cm³/mol. The summed E-state index contributed by atoms with van der Waals surface area (Å²) < 4.78 is 0. The number of allylic oxidation sites excluding steroid dienone is 3. The third kappa shape index (κ3) is 3.95. The van der Waals surface area contributed by atoms with Crippen LogP contribution in [0.3, 0.4) is 0 Å². The third-order valence-electron chi connectivity index (χ3n) is 10.1. The molecule has 1 N–H and O–H groups in total. The Bertz CT molecular complexity index is 1100. The Hall–Kier alpha value is -1.97. The van der Waals surface area contributed by atoms with Crippen molar-refractivity contribution in [3.05, 3.63) is 66.0 Å². The minimum atomic E-state index is -0.604. The summed E-state index contributed by atoms with van der Waals surface area (Å²) in [5.74, 6) is 1.30. The smallest absolute Gasteiger partial charge is 0.0874 e. The molecule has 180 valence electrons. The Morgan fingerprint density at radius 2 is 1.94 bits per heavy atom. The molecule has 3 fully saturated rings. The van der Waals surface area contributed by atoms with Crippen LogP contribution in [-0.4, -0.2) is 39.7 Å². The van der Waals surface area contributed by atoms with Gasteiger partial charge in [-0.3, -0.25) is 4.98 Å². The van der Waals surface area contributed by atoms with Crippen molar-refractivity contribution in [2.45, 2.75) is 88.7 Å². The Kier molecular flexibility index (Phi) is 5.90. The van der Waals surface area contributed by atoms with Gasteiger partial charge < -0.3 is 10.0 Å². The van der Waals surface area contributed by atoms with Gasteiger partial charge in [0.15, 0.2) is 0 Å². The fourth-order valence-corrected chi connectivity index (χ4v) is 7.81. The highest BCUT2D eigenvalue weighted by atomic mass is 16.3. The molecule has 1 aliphatic heterocycles. The molecule has 2 heterocycles. The van der Waals surface area contributed by atoms with Gasteiger partial charge in [-0.2, -0.15) is 0 Å². The first-order chi connectivity index (χ1) is 16.6. The number of aliphatic hydroxyl groups is 1. The average molecular weight is 457 g/mol. The fourth-order valence-electron chi connectivity index (χ4n) is 7.81. The molecular formula is C31H40N2O. The molecule has 34 heavy (non-hydrogen) atoms. The van der Waals surface area contributed by atoms with Gasteiger partial charge in [-0.15, -0.1) is 0 Å². The van der Waals surface area contributed by atoms with Gasteiger partial charge in [-0.05, 0) is 123 Å². The van der Waals surface area contributed by atoms with Gasteiger partial charge in [-0.1, -0.05) is 37.3 Å². The summed E-state index contributed by atoms with van der Waals surface area (Å²) in [5.41, 5.74) is 2.43. The minimum absolute atomic E-state index is 0.267. The molecule has 5 atom stereocenters. The van der Waals surface area contributed by atoms with Crippen LogP contribution >= 0.6 is 0 Å². The zero-order valence-electron chi connectivity index (χ0n) is 20.8. The van der Waals surface area contributed by atoms with Crippen molar-refractivity contribution >= 4 is 10.8 Å². The molecule has 1 aromatic heterocycles. The molecule has 0 bridgehead atoms. The summed E-state index contributed by atoms with van der Waals surface area (Å²) in [5, 5.41) is 14.4. The highest BCUT2D eigenvalue weighted by Gasteiger charge is 2.47. The van der Waals surface area contributed by atoms with Gasteiger partial charge in [-0.25, -0.2) is 0 Å². The normalized spacial score (nSPS) is 39.2. The first kappa shape index (κ1) is 22.5. The lowest BCUT2D eigenvalue weighted by Gasteiger charge is -2.47. The van der Waals surface area contributed by atoms with E-state index in [0.29, 0.717) is 17.9 Å². The molecule has 3 aliphatic carbocycles. The van der Waals surface area contributed by atoms with E-state index in [1.807, 2.05) is 12.4 Å². The standard InChI is InChI=1S/C31H40N2O/c1-30-15-3-2-6-27-10-12-28(33-18-5-19-33)21-31(27,34)16-4-7-26(30)11-13-29(30)24-9-8-23-14-17-32-22-25(23)20-24/h2-3,6,8-9,14,17,20,22,26,28-29,34H,4-5,7,10-13,15-16,18-19,21H2,1H3/b3-2+,27-6-/t26-,28?,29?,30?,31-/m1/s1. The lowest BCUT2D eigenvalue weighted by molar-refractivity contribution is -0.0143. The maximum Gasteiger partial charge on any atom is 0.0874 e. The van der Waals surface area contributed by atoms with E-state index in [-0.39, 0.29) is 5.41 Å². The maximum atomic E-state index is 11.8. The zero-order chi connectivity index (χ0) is 23.2. The van der Waals surface area contributed by atoms with E-state index < -0.39 is 5.60 Å². The van der Waals surface area contributed by atoms with Gasteiger partial charge in [0.25, 0.3) is 0 Å². The summed E-state index contributed by atoms with van der Waals surface area (Å²) in [7, 11) is 0. The van der Waals surface area contributed by atoms with E-state index in [2.05, 4.69) is 59.3 Å². The van der Waals surface area contributed by atoms with E-state index in [4.69, 9.17) is 0 Å². The Morgan fingerprint density at radius 1 is 1.03 bits per heavy atom. The van der Waals surface area contributed by atoms with Crippen LogP contribution in [-0.2, 0) is 0 Å². The molecular weight excluding hydrogens is 416 g/mol. The van der Waals surface area contributed by atoms with Gasteiger partial charge in [0, 0.05) is 23.8 Å². The van der Waals surface area contributed by atoms with Crippen molar-refractivity contribution in [1.29, 1.82) is 0 Å². The molecule has 3 heteroatoms. The largest absolute Gasteiger partial charge is 0.385 e. The lowest BCUT2D eigenvalue weighted by atomic mass is 9.67. The first-order valence-corrected chi connectivity index (χ1v) is 13.7. The Morgan fingerprint density at radius 3 is 2.79 bits per heavy atom. The van der Waals surface area contributed by atoms with Crippen molar-refractivity contribution in [2.75, 3.05) is 13.1 Å². The van der Waals surface area contributed by atoms with Gasteiger partial charge >= 0.3 is 0 Å². The quantitative estimate of drug-likeness (QED) is 0.541. The van der Waals surface area contributed by atoms with E-state index in [1.165, 1.54) is 67.1 Å². The second kappa shape index (κ2) is 8.91. The van der Waals surface area contributed by atoms with Crippen molar-refractivity contribution in [2.24, 2.45) is 11.3 Å². The van der Waals surface area contributed by atoms with Crippen molar-refractivity contribution in [1.82, 2.24) is 9.88 Å². The fraction of sp³-hybridized carbons (Fsp3) is 0.581. The minimum Gasteiger partial charge on any atom is -0.385 e. The Balaban J connectivity index is 1.24. The molecule has 1 aromatic carbocycles. The van der Waals surface area contributed by atoms with Crippen LogP contribution in [0.4, 0.5) is 0 Å². The van der Waals surface area contributed by atoms with Crippen LogP contribution in [0.1, 0.15) is 82.6 Å². The SMILES string of the molecule is CC12C/C=C/C=C3/CCC(N4CCC4)C[C@]3(O)CCC[C@@H]1CCC2c1ccc2ccncc2c1. The monoisotopic (exact) mass is 456 g/mol. The molecule has 2 aromatic rings. The van der Waals surface area contributed by atoms with Crippen LogP contribution < -0.4 is 0 Å². The van der Waals surface area contributed by atoms with E-state index in [9.17, 15) is 5.11 Å². The summed E-state index contributed by atoms with van der Waals surface area (Å²) in [4.78, 5) is 6.97. The molecule has 2 saturated carbocycles. The number of rotatable bonds is 2. The number of pyridine rings is 1. The van der Waals surface area contributed by atoms with Crippen LogP contribution in [0.25, 0.3) is 10.8 Å². The van der Waals surface area contributed by atoms with Crippen LogP contribution in [0, 0.1) is 11.3 Å². The van der Waals surface area contributed by atoms with Crippen molar-refractivity contribution in [3.8, 4) is 0 Å². The number of aromatic nitrogens is 1. The molecule has 1 saturated heterocycles. The Labute approximate surface area is 205 Å². The maximum absolute atomic E-state index is 11.8. The summed E-state index contributed by atoms with van der Waals surface area (Å²) in [6.07, 6.45) is 22.4. The number of nitrogens with zero attached hydrogens (tertiary/aromatic N) is 2. The summed E-state index contributed by atoms with van der Waals surface area (Å²) in [6, 6.07) is 9.73. The van der Waals surface area contributed by atoms with E-state index in [1.54, 1.807) is 0 Å². The van der Waals surface area contributed by atoms with Crippen molar-refractivity contribution < 1.29 is 5.11 Å². The summed E-state index contributed by atoms with van der Waals surface area (Å²) >= 11 is 0. The van der Waals surface area contributed by atoms with Crippen LogP contribution in [0.5, 0.6) is 0 Å². The molecule has 6 rings (SSSR count). The zero-order valence-corrected chi connectivity index (χ0v) is 20.8. The van der Waals surface area contributed by atoms with Gasteiger partial charge in [0.1, 0.15) is 0 Å². The molecule has 0 amide bonds. The highest BCUT2D eigenvalue weighted by Crippen LogP contribution is 2.57. The number of hydrogen-bond donors (Lipinski definition) is 1. The topological polar surface area (TPSA) is 36.4 Å². The molecule has 0 spiro atoms. The predicted octanol–water partition coefficient (Wildman–Crippen LogP) is 6.78. The molecule has 3 unspecified atom stereocenters. The molecule has 4 aliphatic rings. The number of benzene rings is 1. The number of fused-ring (bicyclic) bond motifs is 3. The second-order valence-electron chi connectivity index (χ2n) is 11.8. The lowest BCUT2D eigenvalue weighted by Crippen LogP contribution is -2.51. The first-order valence-electron chi connectivity index (χ1n) is 13.7. The van der Waals surface area contributed by atoms with Crippen LogP contribution in [0.2, 0.25) is 0 Å². The average Bonchev–Trinajstić information content (AvgIpc) is 3.11. The third-order valence-corrected chi connectivity index (χ3v) is 10.1. The number of hydrogen-bond acceptors (Lipinski definition) is 3. The molecule has 0 radical (unpaired) electrons. The second-order valence-corrected chi connectivity index (χ2v) is 11.8. The highest BCUT2D eigenvalue weighted by molar-refractivity contribution is 5.82. The van der Waals surface area contributed by atoms with Gasteiger partial charge in [0.05, 0.1) is 5.60 Å². The van der Waals surface area contributed by atoms with Crippen LogP contribution in [0.15, 0.2) is 60.5 Å². The number of likely N-dealkylation sites (tertiary alicyclic amines) is 1. The molecule has 3 nitrogen and oxygen atoms in total. The van der Waals surface area contributed by atoms with Gasteiger partial charge in [0.2, 0.25) is 0 Å². The van der Waals surface area contributed by atoms with E-state index >= 15 is 0 Å². The van der Waals surface area contributed by atoms with E-state index in [0.717, 1.165) is 32.1 Å². The summed E-state index contributed by atoms with van der Waals surface area (Å²) in [6.45, 7) is 5.00. The van der Waals surface area contributed by atoms with Crippen molar-refractivity contribution in [3.63, 3.8) is 0 Å².